The minimum atomic E-state index is -3.17. The zero-order valence-electron chi connectivity index (χ0n) is 18.0. The van der Waals surface area contributed by atoms with Crippen LogP contribution >= 0.6 is 34.4 Å². The molecule has 0 amide bonds. The average Bonchev–Trinajstić information content (AvgIpc) is 3.46. The number of aryl methyl sites for hydroxylation is 2. The van der Waals surface area contributed by atoms with E-state index in [0.717, 1.165) is 44.0 Å². The lowest BCUT2D eigenvalue weighted by Gasteiger charge is -2.15. The second-order valence-corrected chi connectivity index (χ2v) is 12.7. The number of nitrogens with two attached hydrogens (primary N) is 1. The van der Waals surface area contributed by atoms with Crippen molar-refractivity contribution in [2.24, 2.45) is 5.92 Å². The van der Waals surface area contributed by atoms with Crippen molar-refractivity contribution in [2.75, 3.05) is 25.1 Å². The molecule has 0 spiro atoms. The van der Waals surface area contributed by atoms with Gasteiger partial charge in [-0.2, -0.15) is 0 Å². The molecule has 2 aliphatic rings. The van der Waals surface area contributed by atoms with Crippen molar-refractivity contribution in [1.82, 2.24) is 23.8 Å². The van der Waals surface area contributed by atoms with Gasteiger partial charge in [-0.15, -0.1) is 0 Å². The second-order valence-electron chi connectivity index (χ2n) is 8.51. The number of Topliss-reactive ketones (excluding diaryl/α,β-unsaturated/α-hetero) is 1. The van der Waals surface area contributed by atoms with Crippen molar-refractivity contribution in [3.8, 4) is 0 Å². The van der Waals surface area contributed by atoms with Crippen molar-refractivity contribution in [3.05, 3.63) is 33.2 Å². The van der Waals surface area contributed by atoms with E-state index in [4.69, 9.17) is 10.7 Å². The Balaban J connectivity index is 1.45. The van der Waals surface area contributed by atoms with Crippen LogP contribution in [0.4, 0.5) is 5.82 Å². The Kier molecular flexibility index (Phi) is 6.12. The van der Waals surface area contributed by atoms with Crippen LogP contribution in [0.2, 0.25) is 0 Å². The van der Waals surface area contributed by atoms with Crippen LogP contribution in [0.3, 0.4) is 0 Å². The molecular weight excluding hydrogens is 575 g/mol. The molecule has 3 aromatic rings. The largest absolute Gasteiger partial charge is 0.382 e. The molecule has 1 aromatic carbocycles. The molecule has 5 rings (SSSR count). The predicted molar refractivity (Wildman–Crippen MR) is 135 cm³/mol. The number of sulfonamides is 1. The number of anilines is 1. The van der Waals surface area contributed by atoms with Gasteiger partial charge in [-0.1, -0.05) is 11.8 Å². The molecule has 2 aromatic heterocycles. The quantitative estimate of drug-likeness (QED) is 0.430. The van der Waals surface area contributed by atoms with E-state index in [2.05, 4.69) is 38.6 Å². The summed E-state index contributed by atoms with van der Waals surface area (Å²) in [6.07, 6.45) is 5.69. The van der Waals surface area contributed by atoms with Crippen molar-refractivity contribution in [2.45, 2.75) is 42.3 Å². The molecule has 0 saturated carbocycles. The maximum atomic E-state index is 12.3. The molecule has 1 fully saturated rings. The maximum Gasteiger partial charge on any atom is 0.211 e. The van der Waals surface area contributed by atoms with Crippen LogP contribution in [0.15, 0.2) is 28.5 Å². The summed E-state index contributed by atoms with van der Waals surface area (Å²) in [6.45, 7) is 1.74. The molecule has 1 saturated heterocycles. The summed E-state index contributed by atoms with van der Waals surface area (Å²) in [4.78, 5) is 26.5. The Morgan fingerprint density at radius 3 is 2.85 bits per heavy atom. The number of benzene rings is 1. The highest BCUT2D eigenvalue weighted by Gasteiger charge is 2.29. The fraction of sp³-hybridized carbons (Fsp3) is 0.429. The Labute approximate surface area is 209 Å². The van der Waals surface area contributed by atoms with E-state index in [-0.39, 0.29) is 11.7 Å². The number of carbonyl (C=O) groups excluding carboxylic acids is 1. The molecule has 3 heterocycles. The standard InChI is InChI=1S/C21H23IN6O3S2/c1-33(30,31)27-6-4-12(10-27)5-7-28-20-18(19(23)24-11-25-20)26-21(28)32-17-9-14-13(8-15(17)22)2-3-16(14)29/h8-9,11-12H,2-7,10H2,1H3,(H2,23,24,25). The van der Waals surface area contributed by atoms with E-state index >= 15 is 0 Å². The van der Waals surface area contributed by atoms with Crippen molar-refractivity contribution in [3.63, 3.8) is 0 Å². The summed E-state index contributed by atoms with van der Waals surface area (Å²) in [7, 11) is -3.17. The monoisotopic (exact) mass is 598 g/mol. The predicted octanol–water partition coefficient (Wildman–Crippen LogP) is 2.96. The number of ketones is 1. The van der Waals surface area contributed by atoms with Crippen LogP contribution in [-0.2, 0) is 23.0 Å². The minimum absolute atomic E-state index is 0.184. The van der Waals surface area contributed by atoms with Gasteiger partial charge in [0.05, 0.1) is 6.26 Å². The zero-order chi connectivity index (χ0) is 23.3. The Morgan fingerprint density at radius 2 is 2.09 bits per heavy atom. The van der Waals surface area contributed by atoms with Crippen LogP contribution in [-0.4, -0.2) is 57.4 Å². The highest BCUT2D eigenvalue weighted by atomic mass is 127. The summed E-state index contributed by atoms with van der Waals surface area (Å²) in [5, 5.41) is 0.735. The number of aromatic nitrogens is 4. The molecule has 174 valence electrons. The third-order valence-electron chi connectivity index (χ3n) is 6.28. The van der Waals surface area contributed by atoms with Gasteiger partial charge in [-0.3, -0.25) is 4.79 Å². The molecule has 9 nitrogen and oxygen atoms in total. The number of nitrogen functional groups attached to an aromatic ring is 1. The number of hydrogen-bond donors (Lipinski definition) is 1. The average molecular weight is 598 g/mol. The molecule has 33 heavy (non-hydrogen) atoms. The van der Waals surface area contributed by atoms with Crippen LogP contribution < -0.4 is 5.73 Å². The van der Waals surface area contributed by atoms with E-state index in [1.54, 1.807) is 4.31 Å². The number of imidazole rings is 1. The summed E-state index contributed by atoms with van der Waals surface area (Å²) >= 11 is 3.80. The molecule has 2 N–H and O–H groups in total. The fourth-order valence-corrected chi connectivity index (χ4v) is 7.21. The van der Waals surface area contributed by atoms with Gasteiger partial charge >= 0.3 is 0 Å². The van der Waals surface area contributed by atoms with Gasteiger partial charge in [0.2, 0.25) is 10.0 Å². The van der Waals surface area contributed by atoms with Gasteiger partial charge in [0, 0.05) is 40.1 Å². The van der Waals surface area contributed by atoms with Crippen LogP contribution in [0.5, 0.6) is 0 Å². The van der Waals surface area contributed by atoms with Gasteiger partial charge in [0.15, 0.2) is 27.9 Å². The highest BCUT2D eigenvalue weighted by Crippen LogP contribution is 2.37. The topological polar surface area (TPSA) is 124 Å². The van der Waals surface area contributed by atoms with Gasteiger partial charge in [0.25, 0.3) is 0 Å². The first-order valence-corrected chi connectivity index (χ1v) is 14.4. The first kappa shape index (κ1) is 23.0. The first-order valence-electron chi connectivity index (χ1n) is 10.7. The molecule has 0 bridgehead atoms. The Morgan fingerprint density at radius 1 is 1.27 bits per heavy atom. The lowest BCUT2D eigenvalue weighted by Crippen LogP contribution is -2.27. The number of carbonyl (C=O) groups is 1. The highest BCUT2D eigenvalue weighted by molar-refractivity contribution is 14.1. The van der Waals surface area contributed by atoms with Crippen molar-refractivity contribution >= 4 is 67.1 Å². The molecule has 1 aliphatic heterocycles. The second kappa shape index (κ2) is 8.78. The molecule has 12 heteroatoms. The molecular formula is C21H23IN6O3S2. The SMILES string of the molecule is CS(=O)(=O)N1CCC(CCn2c(Sc3cc4c(cc3I)CCC4=O)nc3c(N)ncnc32)C1. The van der Waals surface area contributed by atoms with E-state index < -0.39 is 10.0 Å². The van der Waals surface area contributed by atoms with Gasteiger partial charge in [0.1, 0.15) is 6.33 Å². The first-order chi connectivity index (χ1) is 15.7. The number of fused-ring (bicyclic) bond motifs is 2. The van der Waals surface area contributed by atoms with Gasteiger partial charge < -0.3 is 10.3 Å². The van der Waals surface area contributed by atoms with Crippen molar-refractivity contribution < 1.29 is 13.2 Å². The third kappa shape index (κ3) is 4.49. The maximum absolute atomic E-state index is 12.3. The van der Waals surface area contributed by atoms with E-state index in [1.165, 1.54) is 24.3 Å². The lowest BCUT2D eigenvalue weighted by molar-refractivity contribution is 0.0994. The van der Waals surface area contributed by atoms with Gasteiger partial charge in [-0.25, -0.2) is 27.7 Å². The van der Waals surface area contributed by atoms with E-state index in [9.17, 15) is 13.2 Å². The number of halogens is 1. The Hall–Kier alpha value is -1.77. The third-order valence-corrected chi connectivity index (χ3v) is 9.86. The number of rotatable bonds is 6. The van der Waals surface area contributed by atoms with E-state index in [0.29, 0.717) is 43.0 Å². The van der Waals surface area contributed by atoms with Crippen molar-refractivity contribution in [1.29, 1.82) is 0 Å². The van der Waals surface area contributed by atoms with Crippen LogP contribution in [0, 0.1) is 9.49 Å². The minimum Gasteiger partial charge on any atom is -0.382 e. The lowest BCUT2D eigenvalue weighted by atomic mass is 10.1. The molecule has 0 radical (unpaired) electrons. The number of nitrogens with zero attached hydrogens (tertiary/aromatic N) is 5. The summed E-state index contributed by atoms with van der Waals surface area (Å²) in [6, 6.07) is 4.05. The fourth-order valence-electron chi connectivity index (χ4n) is 4.48. The van der Waals surface area contributed by atoms with Crippen LogP contribution in [0.1, 0.15) is 35.2 Å². The van der Waals surface area contributed by atoms with Crippen LogP contribution in [0.25, 0.3) is 11.2 Å². The summed E-state index contributed by atoms with van der Waals surface area (Å²) in [5.74, 6) is 0.777. The van der Waals surface area contributed by atoms with Gasteiger partial charge in [-0.05, 0) is 65.5 Å². The Bertz CT molecular complexity index is 1370. The zero-order valence-corrected chi connectivity index (χ0v) is 21.8. The molecule has 1 atom stereocenters. The number of hydrogen-bond acceptors (Lipinski definition) is 8. The smallest absolute Gasteiger partial charge is 0.211 e. The summed E-state index contributed by atoms with van der Waals surface area (Å²) in [5.41, 5.74) is 9.20. The molecule has 1 unspecified atom stereocenters. The normalized spacial score (nSPS) is 19.0. The molecule has 1 aliphatic carbocycles. The summed E-state index contributed by atoms with van der Waals surface area (Å²) < 4.78 is 28.4. The van der Waals surface area contributed by atoms with E-state index in [1.807, 2.05) is 10.6 Å².